The topological polar surface area (TPSA) is 111 Å². The van der Waals surface area contributed by atoms with Gasteiger partial charge in [-0.15, -0.1) is 0 Å². The summed E-state index contributed by atoms with van der Waals surface area (Å²) in [5.41, 5.74) is 0.827. The second-order valence-electron chi connectivity index (χ2n) is 6.61. The molecular formula is C20H27N3O7. The van der Waals surface area contributed by atoms with E-state index in [0.717, 1.165) is 0 Å². The van der Waals surface area contributed by atoms with Gasteiger partial charge in [0.15, 0.2) is 0 Å². The zero-order valence-electron chi connectivity index (χ0n) is 17.5. The number of hydrogen-bond donors (Lipinski definition) is 0. The summed E-state index contributed by atoms with van der Waals surface area (Å²) in [6, 6.07) is 5.62. The van der Waals surface area contributed by atoms with Crippen molar-refractivity contribution in [2.75, 3.05) is 60.8 Å². The second kappa shape index (κ2) is 11.4. The lowest BCUT2D eigenvalue weighted by molar-refractivity contribution is -0.384. The molecule has 1 heterocycles. The van der Waals surface area contributed by atoms with E-state index < -0.39 is 16.7 Å². The number of nitro groups is 1. The zero-order chi connectivity index (χ0) is 22.1. The van der Waals surface area contributed by atoms with Crippen LogP contribution in [0.2, 0.25) is 0 Å². The molecule has 2 amide bonds. The molecule has 1 aliphatic rings. The first-order valence-corrected chi connectivity index (χ1v) is 9.53. The molecule has 1 aromatic rings. The van der Waals surface area contributed by atoms with Gasteiger partial charge in [0.2, 0.25) is 0 Å². The van der Waals surface area contributed by atoms with Gasteiger partial charge >= 0.3 is 0 Å². The van der Waals surface area contributed by atoms with E-state index in [1.165, 1.54) is 29.2 Å². The minimum Gasteiger partial charge on any atom is -0.385 e. The first-order valence-electron chi connectivity index (χ1n) is 9.53. The highest BCUT2D eigenvalue weighted by Crippen LogP contribution is 2.32. The first-order chi connectivity index (χ1) is 14.5. The van der Waals surface area contributed by atoms with Gasteiger partial charge in [-0.3, -0.25) is 24.6 Å². The maximum absolute atomic E-state index is 13.2. The number of hydrogen-bond acceptors (Lipinski definition) is 8. The van der Waals surface area contributed by atoms with Crippen molar-refractivity contribution in [2.24, 2.45) is 0 Å². The number of ether oxygens (including phenoxy) is 3. The third kappa shape index (κ3) is 5.41. The molecule has 0 bridgehead atoms. The van der Waals surface area contributed by atoms with Gasteiger partial charge in [-0.1, -0.05) is 0 Å². The van der Waals surface area contributed by atoms with Gasteiger partial charge in [-0.2, -0.15) is 0 Å². The molecule has 0 aliphatic carbocycles. The quantitative estimate of drug-likeness (QED) is 0.203. The predicted octanol–water partition coefficient (Wildman–Crippen LogP) is 1.31. The van der Waals surface area contributed by atoms with Crippen LogP contribution in [0.4, 0.5) is 5.69 Å². The van der Waals surface area contributed by atoms with Crippen molar-refractivity contribution in [3.63, 3.8) is 0 Å². The number of nitro benzene ring substituents is 1. The SMILES string of the molecule is COCCCN1C(=O)C(c2ccc([N+](=O)[O-])cc2)=C(N(CCOC)CCOC)C1=O. The zero-order valence-corrected chi connectivity index (χ0v) is 17.5. The molecule has 164 valence electrons. The maximum atomic E-state index is 13.2. The van der Waals surface area contributed by atoms with Crippen LogP contribution >= 0.6 is 0 Å². The standard InChI is InChI=1S/C20H27N3O7/c1-28-12-4-9-22-19(24)17(15-5-7-16(8-6-15)23(26)27)18(20(22)25)21(10-13-29-2)11-14-30-3/h5-8H,4,9-14H2,1-3H3. The number of non-ortho nitro benzene ring substituents is 1. The highest BCUT2D eigenvalue weighted by atomic mass is 16.6. The van der Waals surface area contributed by atoms with E-state index in [4.69, 9.17) is 14.2 Å². The largest absolute Gasteiger partial charge is 0.385 e. The Bertz CT molecular complexity index is 784. The summed E-state index contributed by atoms with van der Waals surface area (Å²) in [4.78, 5) is 39.8. The fraction of sp³-hybridized carbons (Fsp3) is 0.500. The molecule has 0 saturated heterocycles. The molecule has 10 heteroatoms. The van der Waals surface area contributed by atoms with Crippen molar-refractivity contribution in [3.05, 3.63) is 45.6 Å². The number of benzene rings is 1. The van der Waals surface area contributed by atoms with Crippen LogP contribution in [-0.4, -0.2) is 87.3 Å². The Hall–Kier alpha value is -2.82. The fourth-order valence-corrected chi connectivity index (χ4v) is 3.18. The summed E-state index contributed by atoms with van der Waals surface area (Å²) in [7, 11) is 4.66. The van der Waals surface area contributed by atoms with Gasteiger partial charge in [0.05, 0.1) is 23.7 Å². The van der Waals surface area contributed by atoms with Crippen molar-refractivity contribution < 1.29 is 28.7 Å². The van der Waals surface area contributed by atoms with Gasteiger partial charge in [-0.05, 0) is 24.1 Å². The summed E-state index contributed by atoms with van der Waals surface area (Å²) in [5.74, 6) is -0.837. The van der Waals surface area contributed by atoms with E-state index in [9.17, 15) is 19.7 Å². The summed E-state index contributed by atoms with van der Waals surface area (Å²) in [6.07, 6.45) is 0.505. The van der Waals surface area contributed by atoms with Crippen LogP contribution in [0, 0.1) is 10.1 Å². The normalized spacial score (nSPS) is 14.0. The number of imide groups is 1. The van der Waals surface area contributed by atoms with Crippen LogP contribution in [0.1, 0.15) is 12.0 Å². The third-order valence-electron chi connectivity index (χ3n) is 4.69. The van der Waals surface area contributed by atoms with E-state index in [2.05, 4.69) is 0 Å². The van der Waals surface area contributed by atoms with E-state index in [1.54, 1.807) is 26.2 Å². The summed E-state index contributed by atoms with van der Waals surface area (Å²) < 4.78 is 15.3. The lowest BCUT2D eigenvalue weighted by Crippen LogP contribution is -2.38. The number of carbonyl (C=O) groups excluding carboxylic acids is 2. The van der Waals surface area contributed by atoms with E-state index in [-0.39, 0.29) is 23.5 Å². The Balaban J connectivity index is 2.48. The molecule has 1 aliphatic heterocycles. The Morgan fingerprint density at radius 1 is 0.933 bits per heavy atom. The van der Waals surface area contributed by atoms with Crippen molar-refractivity contribution >= 4 is 23.1 Å². The molecule has 0 aromatic heterocycles. The molecule has 0 unspecified atom stereocenters. The van der Waals surface area contributed by atoms with Crippen LogP contribution in [-0.2, 0) is 23.8 Å². The molecule has 2 rings (SSSR count). The first kappa shape index (κ1) is 23.5. The number of carbonyl (C=O) groups is 2. The van der Waals surface area contributed by atoms with Gasteiger partial charge in [0.25, 0.3) is 17.5 Å². The minimum atomic E-state index is -0.513. The van der Waals surface area contributed by atoms with Crippen molar-refractivity contribution in [2.45, 2.75) is 6.42 Å². The minimum absolute atomic E-state index is 0.0924. The maximum Gasteiger partial charge on any atom is 0.277 e. The highest BCUT2D eigenvalue weighted by molar-refractivity contribution is 6.35. The van der Waals surface area contributed by atoms with Gasteiger partial charge in [-0.25, -0.2) is 0 Å². The molecule has 0 radical (unpaired) electrons. The van der Waals surface area contributed by atoms with E-state index >= 15 is 0 Å². The summed E-state index contributed by atoms with van der Waals surface area (Å²) >= 11 is 0. The number of nitrogens with zero attached hydrogens (tertiary/aromatic N) is 3. The lowest BCUT2D eigenvalue weighted by Gasteiger charge is -2.25. The van der Waals surface area contributed by atoms with Crippen LogP contribution in [0.25, 0.3) is 5.57 Å². The number of amides is 2. The molecule has 0 spiro atoms. The Kier molecular flexibility index (Phi) is 8.90. The van der Waals surface area contributed by atoms with E-state index in [0.29, 0.717) is 44.9 Å². The van der Waals surface area contributed by atoms with Crippen molar-refractivity contribution in [3.8, 4) is 0 Å². The molecule has 0 atom stereocenters. The van der Waals surface area contributed by atoms with Crippen LogP contribution < -0.4 is 0 Å². The van der Waals surface area contributed by atoms with E-state index in [1.807, 2.05) is 0 Å². The third-order valence-corrected chi connectivity index (χ3v) is 4.69. The van der Waals surface area contributed by atoms with Gasteiger partial charge in [0.1, 0.15) is 5.70 Å². The van der Waals surface area contributed by atoms with Crippen LogP contribution in [0.5, 0.6) is 0 Å². The van der Waals surface area contributed by atoms with Crippen LogP contribution in [0.3, 0.4) is 0 Å². The molecular weight excluding hydrogens is 394 g/mol. The average molecular weight is 421 g/mol. The monoisotopic (exact) mass is 421 g/mol. The predicted molar refractivity (Wildman–Crippen MR) is 109 cm³/mol. The number of rotatable bonds is 13. The Labute approximate surface area is 175 Å². The van der Waals surface area contributed by atoms with Gasteiger partial charge < -0.3 is 19.1 Å². The Morgan fingerprint density at radius 3 is 2.00 bits per heavy atom. The molecule has 0 N–H and O–H groups in total. The molecule has 1 aromatic carbocycles. The van der Waals surface area contributed by atoms with Gasteiger partial charge in [0, 0.05) is 59.7 Å². The number of methoxy groups -OCH3 is 3. The highest BCUT2D eigenvalue weighted by Gasteiger charge is 2.41. The molecule has 0 saturated carbocycles. The smallest absolute Gasteiger partial charge is 0.277 e. The summed E-state index contributed by atoms with van der Waals surface area (Å²) in [5, 5.41) is 11.0. The summed E-state index contributed by atoms with van der Waals surface area (Å²) in [6.45, 7) is 2.11. The fourth-order valence-electron chi connectivity index (χ4n) is 3.18. The van der Waals surface area contributed by atoms with Crippen molar-refractivity contribution in [1.29, 1.82) is 0 Å². The van der Waals surface area contributed by atoms with Crippen molar-refractivity contribution in [1.82, 2.24) is 9.80 Å². The van der Waals surface area contributed by atoms with Crippen LogP contribution in [0.15, 0.2) is 30.0 Å². The molecule has 10 nitrogen and oxygen atoms in total. The lowest BCUT2D eigenvalue weighted by atomic mass is 10.0. The molecule has 0 fully saturated rings. The molecule has 30 heavy (non-hydrogen) atoms. The average Bonchev–Trinajstić information content (AvgIpc) is 2.99. The Morgan fingerprint density at radius 2 is 1.50 bits per heavy atom. The second-order valence-corrected chi connectivity index (χ2v) is 6.61.